The zero-order valence-corrected chi connectivity index (χ0v) is 4.90. The first-order chi connectivity index (χ1) is 2.00. The molecule has 0 heterocycles. The van der Waals surface area contributed by atoms with Crippen LogP contribution in [0.5, 0.6) is 0 Å². The monoisotopic (exact) mass is 202 g/mol. The largest absolute Gasteiger partial charge is 2.00 e. The minimum Gasteiger partial charge on any atom is -0.183 e. The van der Waals surface area contributed by atoms with E-state index in [4.69, 9.17) is 18.6 Å². The van der Waals surface area contributed by atoms with Crippen molar-refractivity contribution in [1.29, 1.82) is 0 Å². The molecule has 0 saturated heterocycles. The van der Waals surface area contributed by atoms with Crippen molar-refractivity contribution in [3.63, 3.8) is 0 Å². The van der Waals surface area contributed by atoms with E-state index >= 15 is 0 Å². The van der Waals surface area contributed by atoms with Gasteiger partial charge in [-0.1, -0.05) is 0 Å². The summed E-state index contributed by atoms with van der Waals surface area (Å²) in [6, 6.07) is 0. The van der Waals surface area contributed by atoms with Gasteiger partial charge in [-0.25, -0.2) is 0 Å². The van der Waals surface area contributed by atoms with E-state index in [9.17, 15) is 0 Å². The molecular weight excluding hydrogens is 201 g/mol. The average molecular weight is 202 g/mol. The van der Waals surface area contributed by atoms with E-state index < -0.39 is 10.2 Å². The van der Waals surface area contributed by atoms with Crippen LogP contribution >= 0.6 is 0 Å². The Morgan fingerprint density at radius 2 is 1.17 bits per heavy atom. The summed E-state index contributed by atoms with van der Waals surface area (Å²) in [4.78, 5) is 0. The fourth-order valence-corrected chi connectivity index (χ4v) is 0. The Labute approximate surface area is 48.9 Å². The van der Waals surface area contributed by atoms with Crippen molar-refractivity contribution in [2.75, 3.05) is 0 Å². The molecule has 0 radical (unpaired) electrons. The summed E-state index contributed by atoms with van der Waals surface area (Å²) in [5, 5.41) is 0. The maximum atomic E-state index is 8.60. The molecule has 0 fully saturated rings. The van der Waals surface area contributed by atoms with Crippen LogP contribution in [0.4, 0.5) is 0 Å². The van der Waals surface area contributed by atoms with Crippen molar-refractivity contribution in [3.8, 4) is 0 Å². The van der Waals surface area contributed by atoms with Gasteiger partial charge in [0.25, 0.3) is 0 Å². The maximum Gasteiger partial charge on any atom is 2.00 e. The topological polar surface area (TPSA) is 89.4 Å². The molecule has 1 N–H and O–H groups in total. The fourth-order valence-electron chi connectivity index (χ4n) is 0. The van der Waals surface area contributed by atoms with Gasteiger partial charge in [0.15, 0.2) is 0 Å². The van der Waals surface area contributed by atoms with E-state index in [0.717, 1.165) is 0 Å². The van der Waals surface area contributed by atoms with Gasteiger partial charge in [0.2, 0.25) is 0 Å². The van der Waals surface area contributed by atoms with Gasteiger partial charge < -0.3 is 0 Å². The van der Waals surface area contributed by atoms with Crippen LogP contribution in [0, 0.1) is 10.2 Å². The van der Waals surface area contributed by atoms with Gasteiger partial charge >= 0.3 is 19.5 Å². The standard InChI is InChI=1S/ClHO4.Ru/c2-1(3,4)5;/h(H,2,3,4,5);/q;+2. The minimum absolute atomic E-state index is 0. The Morgan fingerprint density at radius 1 is 1.17 bits per heavy atom. The summed E-state index contributed by atoms with van der Waals surface area (Å²) in [7, 11) is -4.69. The van der Waals surface area contributed by atoms with Crippen molar-refractivity contribution in [2.24, 2.45) is 0 Å². The molecule has 0 unspecified atom stereocenters. The van der Waals surface area contributed by atoms with Gasteiger partial charge in [-0.15, -0.1) is 0 Å². The molecule has 6 heteroatoms. The maximum absolute atomic E-state index is 8.60. The number of halogens is 1. The summed E-state index contributed by atoms with van der Waals surface area (Å²) in [6.45, 7) is 0. The molecular formula is HClO4Ru+2. The second-order valence-electron chi connectivity index (χ2n) is 0.396. The van der Waals surface area contributed by atoms with Gasteiger partial charge in [-0.05, 0) is 0 Å². The van der Waals surface area contributed by atoms with Crippen LogP contribution in [0.3, 0.4) is 0 Å². The normalized spacial score (nSPS) is 10.0. The van der Waals surface area contributed by atoms with Gasteiger partial charge in [-0.3, -0.25) is 0 Å². The molecule has 0 aromatic rings. The average Bonchev–Trinajstić information content (AvgIpc) is 0.722. The van der Waals surface area contributed by atoms with Gasteiger partial charge in [-0.2, -0.15) is 14.0 Å². The second-order valence-corrected chi connectivity index (χ2v) is 1.19. The quantitative estimate of drug-likeness (QED) is 0.403. The molecule has 0 spiro atoms. The third kappa shape index (κ3) is 118. The Kier molecular flexibility index (Phi) is 4.70. The summed E-state index contributed by atoms with van der Waals surface area (Å²) in [5.74, 6) is 0. The molecule has 0 bridgehead atoms. The number of hydrogen-bond donors (Lipinski definition) is 1. The molecule has 0 atom stereocenters. The Morgan fingerprint density at radius 3 is 1.17 bits per heavy atom. The summed E-state index contributed by atoms with van der Waals surface area (Å²) < 4.78 is 32.7. The molecule has 0 rings (SSSR count). The zero-order chi connectivity index (χ0) is 4.50. The predicted octanol–water partition coefficient (Wildman–Crippen LogP) is -4.13. The van der Waals surface area contributed by atoms with E-state index in [-0.39, 0.29) is 19.5 Å². The van der Waals surface area contributed by atoms with Crippen LogP contribution < -0.4 is 14.0 Å². The van der Waals surface area contributed by atoms with Gasteiger partial charge in [0.1, 0.15) is 0 Å². The second kappa shape index (κ2) is 2.85. The molecule has 0 aliphatic carbocycles. The molecule has 0 aliphatic rings. The van der Waals surface area contributed by atoms with Gasteiger partial charge in [0.05, 0.1) is 14.9 Å². The molecule has 0 saturated carbocycles. The molecule has 6 heavy (non-hydrogen) atoms. The van der Waals surface area contributed by atoms with Crippen LogP contribution in [-0.2, 0) is 19.5 Å². The van der Waals surface area contributed by atoms with Crippen LogP contribution in [0.15, 0.2) is 0 Å². The fraction of sp³-hybridized carbons (Fsp3) is 0. The summed E-state index contributed by atoms with van der Waals surface area (Å²) in [6.07, 6.45) is 0. The predicted molar refractivity (Wildman–Crippen MR) is 2.22 cm³/mol. The van der Waals surface area contributed by atoms with E-state index in [0.29, 0.717) is 0 Å². The summed E-state index contributed by atoms with van der Waals surface area (Å²) in [5.41, 5.74) is 0. The SMILES string of the molecule is [O-][Cl+3]([O-])([O-])O.[Ru+2]. The van der Waals surface area contributed by atoms with Crippen LogP contribution in [0.2, 0.25) is 0 Å². The number of rotatable bonds is 0. The van der Waals surface area contributed by atoms with E-state index in [1.54, 1.807) is 0 Å². The van der Waals surface area contributed by atoms with Crippen molar-refractivity contribution in [3.05, 3.63) is 0 Å². The molecule has 0 aromatic heterocycles. The minimum atomic E-state index is -4.69. The number of hydrogen-bond acceptors (Lipinski definition) is 4. The van der Waals surface area contributed by atoms with E-state index in [1.807, 2.05) is 0 Å². The Bertz CT molecular complexity index is 23.0. The van der Waals surface area contributed by atoms with E-state index in [1.165, 1.54) is 0 Å². The molecule has 38 valence electrons. The van der Waals surface area contributed by atoms with Crippen molar-refractivity contribution in [1.82, 2.24) is 0 Å². The van der Waals surface area contributed by atoms with E-state index in [2.05, 4.69) is 0 Å². The summed E-state index contributed by atoms with van der Waals surface area (Å²) >= 11 is 0. The smallest absolute Gasteiger partial charge is 0.183 e. The first-order valence-corrected chi connectivity index (χ1v) is 1.90. The molecule has 4 nitrogen and oxygen atoms in total. The molecule has 0 aromatic carbocycles. The first-order valence-electron chi connectivity index (χ1n) is 0.632. The Hall–Kier alpha value is 0.753. The first kappa shape index (κ1) is 9.89. The third-order valence-corrected chi connectivity index (χ3v) is 0. The van der Waals surface area contributed by atoms with Crippen LogP contribution in [0.25, 0.3) is 0 Å². The van der Waals surface area contributed by atoms with Crippen LogP contribution in [0.1, 0.15) is 0 Å². The van der Waals surface area contributed by atoms with Crippen molar-refractivity contribution >= 4 is 0 Å². The van der Waals surface area contributed by atoms with Gasteiger partial charge in [0, 0.05) is 0 Å². The molecule has 0 aliphatic heterocycles. The van der Waals surface area contributed by atoms with Crippen molar-refractivity contribution < 1.29 is 48.4 Å². The zero-order valence-electron chi connectivity index (χ0n) is 2.40. The van der Waals surface area contributed by atoms with Crippen LogP contribution in [-0.4, -0.2) is 4.66 Å². The molecule has 0 amide bonds. The third-order valence-electron chi connectivity index (χ3n) is 0. The van der Waals surface area contributed by atoms with Crippen molar-refractivity contribution in [2.45, 2.75) is 0 Å². The Balaban J connectivity index is 0.